The molecule has 3 N–H and O–H groups in total. The Hall–Kier alpha value is -3.35. The summed E-state index contributed by atoms with van der Waals surface area (Å²) in [5.74, 6) is -0.353. The first-order valence-electron chi connectivity index (χ1n) is 12.4. The molecule has 12 heteroatoms. The fourth-order valence-corrected chi connectivity index (χ4v) is 4.49. The van der Waals surface area contributed by atoms with E-state index in [-0.39, 0.29) is 38.3 Å². The maximum Gasteiger partial charge on any atom is 0.330 e. The summed E-state index contributed by atoms with van der Waals surface area (Å²) >= 11 is 0. The number of halogens is 1. The molecule has 3 aromatic rings. The maximum atomic E-state index is 14.5. The summed E-state index contributed by atoms with van der Waals surface area (Å²) in [5.41, 5.74) is -1.09. The van der Waals surface area contributed by atoms with E-state index in [0.717, 1.165) is 25.7 Å². The lowest BCUT2D eigenvalue weighted by Crippen LogP contribution is -2.32. The van der Waals surface area contributed by atoms with E-state index in [9.17, 15) is 24.2 Å². The first kappa shape index (κ1) is 26.7. The van der Waals surface area contributed by atoms with E-state index >= 15 is 0 Å². The van der Waals surface area contributed by atoms with Gasteiger partial charge in [-0.25, -0.2) is 13.9 Å². The number of rotatable bonds is 12. The predicted octanol–water partition coefficient (Wildman–Crippen LogP) is 1.60. The molecule has 11 nitrogen and oxygen atoms in total. The molecule has 1 aromatic carbocycles. The van der Waals surface area contributed by atoms with Crippen LogP contribution in [0.25, 0.3) is 0 Å². The van der Waals surface area contributed by atoms with Crippen LogP contribution >= 0.6 is 0 Å². The molecule has 1 atom stereocenters. The molecule has 200 valence electrons. The van der Waals surface area contributed by atoms with E-state index in [2.05, 4.69) is 15.3 Å². The Morgan fingerprint density at radius 2 is 2.03 bits per heavy atom. The largest absolute Gasteiger partial charge is 0.487 e. The van der Waals surface area contributed by atoms with Crippen molar-refractivity contribution in [3.8, 4) is 5.75 Å². The van der Waals surface area contributed by atoms with Crippen LogP contribution in [0.3, 0.4) is 0 Å². The van der Waals surface area contributed by atoms with Gasteiger partial charge in [0.15, 0.2) is 11.6 Å². The Morgan fingerprint density at radius 1 is 1.24 bits per heavy atom. The molecule has 0 aliphatic heterocycles. The number of aliphatic hydroxyl groups is 2. The molecule has 1 fully saturated rings. The third-order valence-corrected chi connectivity index (χ3v) is 6.74. The van der Waals surface area contributed by atoms with Crippen molar-refractivity contribution in [3.63, 3.8) is 0 Å². The predicted molar refractivity (Wildman–Crippen MR) is 130 cm³/mol. The molecule has 0 spiro atoms. The Morgan fingerprint density at radius 3 is 2.73 bits per heavy atom. The zero-order valence-electron chi connectivity index (χ0n) is 20.7. The third kappa shape index (κ3) is 6.32. The molecule has 37 heavy (non-hydrogen) atoms. The number of hydrogen-bond donors (Lipinski definition) is 3. The topological polar surface area (TPSA) is 144 Å². The Bertz CT molecular complexity index is 1320. The lowest BCUT2D eigenvalue weighted by atomic mass is 9.90. The van der Waals surface area contributed by atoms with Crippen molar-refractivity contribution in [1.82, 2.24) is 24.5 Å². The average Bonchev–Trinajstić information content (AvgIpc) is 3.54. The normalized spacial score (nSPS) is 15.7. The van der Waals surface area contributed by atoms with Gasteiger partial charge in [0.05, 0.1) is 31.6 Å². The van der Waals surface area contributed by atoms with E-state index in [1.54, 1.807) is 6.07 Å². The quantitative estimate of drug-likeness (QED) is 0.307. The Balaban J connectivity index is 1.48. The van der Waals surface area contributed by atoms with Gasteiger partial charge in [-0.3, -0.25) is 14.3 Å². The number of aromatic amines is 1. The van der Waals surface area contributed by atoms with E-state index in [0.29, 0.717) is 29.8 Å². The van der Waals surface area contributed by atoms with Crippen molar-refractivity contribution in [2.45, 2.75) is 77.0 Å². The van der Waals surface area contributed by atoms with Gasteiger partial charge in [0, 0.05) is 18.7 Å². The van der Waals surface area contributed by atoms with Gasteiger partial charge in [-0.2, -0.15) is 0 Å². The minimum atomic E-state index is -1.40. The van der Waals surface area contributed by atoms with Crippen LogP contribution in [0.2, 0.25) is 0 Å². The average molecular weight is 518 g/mol. The van der Waals surface area contributed by atoms with Crippen LogP contribution in [0.4, 0.5) is 4.39 Å². The second kappa shape index (κ2) is 11.8. The van der Waals surface area contributed by atoms with Crippen LogP contribution in [0, 0.1) is 5.82 Å². The molecule has 0 unspecified atom stereocenters. The van der Waals surface area contributed by atoms with Crippen LogP contribution in [-0.2, 0) is 36.6 Å². The first-order valence-corrected chi connectivity index (χ1v) is 12.4. The highest BCUT2D eigenvalue weighted by Gasteiger charge is 2.31. The van der Waals surface area contributed by atoms with Crippen LogP contribution in [-0.4, -0.2) is 47.5 Å². The minimum absolute atomic E-state index is 0.0136. The van der Waals surface area contributed by atoms with Crippen molar-refractivity contribution in [1.29, 1.82) is 0 Å². The summed E-state index contributed by atoms with van der Waals surface area (Å²) in [5, 5.41) is 29.5. The summed E-state index contributed by atoms with van der Waals surface area (Å²) in [6.07, 6.45) is 5.78. The number of hydrogen-bond acceptors (Lipinski definition) is 8. The minimum Gasteiger partial charge on any atom is -0.487 e. The summed E-state index contributed by atoms with van der Waals surface area (Å²) in [7, 11) is 0. The van der Waals surface area contributed by atoms with Gasteiger partial charge in [-0.05, 0) is 49.8 Å². The number of aliphatic hydroxyl groups excluding tert-OH is 1. The highest BCUT2D eigenvalue weighted by Crippen LogP contribution is 2.33. The zero-order valence-corrected chi connectivity index (χ0v) is 20.7. The zero-order chi connectivity index (χ0) is 26.4. The van der Waals surface area contributed by atoms with Gasteiger partial charge < -0.3 is 19.7 Å². The number of H-pyrrole nitrogens is 1. The van der Waals surface area contributed by atoms with E-state index in [4.69, 9.17) is 9.47 Å². The monoisotopic (exact) mass is 517 g/mol. The molecule has 0 bridgehead atoms. The van der Waals surface area contributed by atoms with Gasteiger partial charge >= 0.3 is 5.69 Å². The molecule has 2 heterocycles. The van der Waals surface area contributed by atoms with Crippen molar-refractivity contribution in [2.24, 2.45) is 0 Å². The third-order valence-electron chi connectivity index (χ3n) is 6.74. The van der Waals surface area contributed by atoms with Gasteiger partial charge in [0.25, 0.3) is 5.56 Å². The SMILES string of the molecule is CC[C@@](O)(Cn1nnc(CO)c1CCOCn1ccc(=O)[nH]c1=O)c1ccc(F)c(OC2CCCC2)c1. The number of nitrogens with one attached hydrogen (secondary N) is 1. The number of benzene rings is 1. The second-order valence-corrected chi connectivity index (χ2v) is 9.22. The standard InChI is InChI=1S/C25H32FN5O6/c1-2-25(35,17-7-8-19(26)22(13-17)37-18-5-3-4-6-18)15-31-21(20(14-32)28-29-31)10-12-36-16-30-11-9-23(33)27-24(30)34/h7-9,11,13,18,32,35H,2-6,10,12,14-16H2,1H3,(H,27,33,34)/t25-/m1/s1. The molecule has 2 aromatic heterocycles. The molecule has 1 saturated carbocycles. The van der Waals surface area contributed by atoms with Crippen LogP contribution in [0.15, 0.2) is 40.1 Å². The molecular formula is C25H32FN5O6. The van der Waals surface area contributed by atoms with Crippen molar-refractivity contribution in [3.05, 3.63) is 74.1 Å². The molecule has 1 aliphatic carbocycles. The first-order chi connectivity index (χ1) is 17.8. The molecule has 0 saturated heterocycles. The second-order valence-electron chi connectivity index (χ2n) is 9.22. The van der Waals surface area contributed by atoms with Crippen molar-refractivity contribution < 1.29 is 24.1 Å². The summed E-state index contributed by atoms with van der Waals surface area (Å²) < 4.78 is 28.6. The fourth-order valence-electron chi connectivity index (χ4n) is 4.49. The van der Waals surface area contributed by atoms with E-state index in [1.165, 1.54) is 33.6 Å². The Kier molecular flexibility index (Phi) is 8.52. The summed E-state index contributed by atoms with van der Waals surface area (Å²) in [6.45, 7) is 1.56. The van der Waals surface area contributed by atoms with Gasteiger partial charge in [-0.15, -0.1) is 5.10 Å². The molecule has 0 amide bonds. The Labute approximate surface area is 212 Å². The lowest BCUT2D eigenvalue weighted by Gasteiger charge is -2.28. The van der Waals surface area contributed by atoms with Crippen molar-refractivity contribution >= 4 is 0 Å². The van der Waals surface area contributed by atoms with E-state index in [1.807, 2.05) is 6.92 Å². The molecular weight excluding hydrogens is 485 g/mol. The van der Waals surface area contributed by atoms with Crippen LogP contribution in [0.1, 0.15) is 56.0 Å². The van der Waals surface area contributed by atoms with Gasteiger partial charge in [0.2, 0.25) is 0 Å². The summed E-state index contributed by atoms with van der Waals surface area (Å²) in [6, 6.07) is 5.60. The van der Waals surface area contributed by atoms with Crippen LogP contribution in [0.5, 0.6) is 5.75 Å². The molecule has 0 radical (unpaired) electrons. The fraction of sp³-hybridized carbons (Fsp3) is 0.520. The highest BCUT2D eigenvalue weighted by atomic mass is 19.1. The van der Waals surface area contributed by atoms with Crippen molar-refractivity contribution in [2.75, 3.05) is 6.61 Å². The maximum absolute atomic E-state index is 14.5. The van der Waals surface area contributed by atoms with Gasteiger partial charge in [-0.1, -0.05) is 18.2 Å². The smallest absolute Gasteiger partial charge is 0.330 e. The number of ether oxygens (including phenoxy) is 2. The molecule has 4 rings (SSSR count). The van der Waals surface area contributed by atoms with E-state index < -0.39 is 22.7 Å². The molecule has 1 aliphatic rings. The summed E-state index contributed by atoms with van der Waals surface area (Å²) in [4.78, 5) is 25.1. The van der Waals surface area contributed by atoms with Crippen LogP contribution < -0.4 is 16.0 Å². The van der Waals surface area contributed by atoms with Gasteiger partial charge in [0.1, 0.15) is 18.0 Å². The number of aromatic nitrogens is 5. The highest BCUT2D eigenvalue weighted by molar-refractivity contribution is 5.34. The number of nitrogens with zero attached hydrogens (tertiary/aromatic N) is 4. The lowest BCUT2D eigenvalue weighted by molar-refractivity contribution is 0.00862.